The van der Waals surface area contributed by atoms with Gasteiger partial charge in [-0.05, 0) is 25.6 Å². The van der Waals surface area contributed by atoms with Gasteiger partial charge in [0.25, 0.3) is 0 Å². The van der Waals surface area contributed by atoms with E-state index in [1.54, 1.807) is 0 Å². The van der Waals surface area contributed by atoms with E-state index < -0.39 is 0 Å². The van der Waals surface area contributed by atoms with Crippen LogP contribution in [0.5, 0.6) is 5.88 Å². The van der Waals surface area contributed by atoms with Gasteiger partial charge in [-0.25, -0.2) is 4.98 Å². The molecule has 7 nitrogen and oxygen atoms in total. The first kappa shape index (κ1) is 15.6. The summed E-state index contributed by atoms with van der Waals surface area (Å²) in [4.78, 5) is 10.5. The number of furan rings is 1. The zero-order valence-corrected chi connectivity index (χ0v) is 14.7. The summed E-state index contributed by atoms with van der Waals surface area (Å²) < 4.78 is 7.42. The van der Waals surface area contributed by atoms with Gasteiger partial charge in [0.1, 0.15) is 23.9 Å². The van der Waals surface area contributed by atoms with Crippen LogP contribution in [0.3, 0.4) is 0 Å². The van der Waals surface area contributed by atoms with E-state index in [1.807, 2.05) is 19.1 Å². The van der Waals surface area contributed by atoms with Crippen LogP contribution in [0.2, 0.25) is 0 Å². The largest absolute Gasteiger partial charge is 0.492 e. The van der Waals surface area contributed by atoms with E-state index in [-0.39, 0.29) is 11.9 Å². The average molecular weight is 347 g/mol. The van der Waals surface area contributed by atoms with Crippen LogP contribution in [0, 0.1) is 6.92 Å². The number of likely N-dealkylation sites (N-methyl/N-ethyl adjacent to an activating group) is 1. The van der Waals surface area contributed by atoms with E-state index in [2.05, 4.69) is 26.8 Å². The van der Waals surface area contributed by atoms with Crippen LogP contribution in [0.1, 0.15) is 29.4 Å². The molecule has 0 aliphatic carbocycles. The molecular weight excluding hydrogens is 326 g/mol. The Hall–Kier alpha value is -1.90. The molecule has 1 aliphatic heterocycles. The van der Waals surface area contributed by atoms with Gasteiger partial charge in [-0.2, -0.15) is 9.61 Å². The topological polar surface area (TPSA) is 70.0 Å². The van der Waals surface area contributed by atoms with Crippen molar-refractivity contribution in [2.75, 3.05) is 32.7 Å². The maximum absolute atomic E-state index is 10.6. The van der Waals surface area contributed by atoms with Crippen molar-refractivity contribution in [3.8, 4) is 5.88 Å². The zero-order valence-electron chi connectivity index (χ0n) is 13.8. The van der Waals surface area contributed by atoms with Gasteiger partial charge in [0.05, 0.1) is 4.88 Å². The second kappa shape index (κ2) is 6.19. The Morgan fingerprint density at radius 1 is 1.29 bits per heavy atom. The number of rotatable bonds is 4. The number of aryl methyl sites for hydroxylation is 1. The van der Waals surface area contributed by atoms with Gasteiger partial charge in [-0.15, -0.1) is 0 Å². The summed E-state index contributed by atoms with van der Waals surface area (Å²) in [5.74, 6) is 1.89. The molecule has 1 unspecified atom stereocenters. The summed E-state index contributed by atoms with van der Waals surface area (Å²) in [5, 5.41) is 14.7. The molecule has 1 fully saturated rings. The highest BCUT2D eigenvalue weighted by molar-refractivity contribution is 7.17. The Morgan fingerprint density at radius 3 is 2.71 bits per heavy atom. The number of aromatic hydroxyl groups is 1. The third-order valence-electron chi connectivity index (χ3n) is 4.64. The van der Waals surface area contributed by atoms with Crippen molar-refractivity contribution in [1.29, 1.82) is 0 Å². The minimum absolute atomic E-state index is 0.105. The minimum atomic E-state index is -0.105. The van der Waals surface area contributed by atoms with Crippen LogP contribution < -0.4 is 0 Å². The number of fused-ring (bicyclic) bond motifs is 1. The van der Waals surface area contributed by atoms with Crippen LogP contribution in [-0.4, -0.2) is 62.2 Å². The normalized spacial score (nSPS) is 18.4. The fraction of sp³-hybridized carbons (Fsp3) is 0.500. The van der Waals surface area contributed by atoms with Gasteiger partial charge in [0.2, 0.25) is 10.8 Å². The molecule has 1 N–H and O–H groups in total. The molecule has 4 heterocycles. The highest BCUT2D eigenvalue weighted by Gasteiger charge is 2.33. The lowest BCUT2D eigenvalue weighted by atomic mass is 10.1. The van der Waals surface area contributed by atoms with E-state index in [1.165, 1.54) is 22.2 Å². The van der Waals surface area contributed by atoms with Crippen LogP contribution in [-0.2, 0) is 0 Å². The first-order valence-corrected chi connectivity index (χ1v) is 9.03. The summed E-state index contributed by atoms with van der Waals surface area (Å²) in [5.41, 5.74) is 0. The van der Waals surface area contributed by atoms with Crippen LogP contribution >= 0.6 is 11.3 Å². The molecule has 3 aromatic heterocycles. The highest BCUT2D eigenvalue weighted by atomic mass is 32.1. The summed E-state index contributed by atoms with van der Waals surface area (Å²) in [7, 11) is 0. The van der Waals surface area contributed by atoms with Gasteiger partial charge in [0.15, 0.2) is 0 Å². The second-order valence-electron chi connectivity index (χ2n) is 6.07. The van der Waals surface area contributed by atoms with Crippen molar-refractivity contribution >= 4 is 16.3 Å². The Balaban J connectivity index is 1.73. The molecule has 0 amide bonds. The third kappa shape index (κ3) is 2.60. The molecule has 0 saturated carbocycles. The lowest BCUT2D eigenvalue weighted by Gasteiger charge is -2.37. The predicted molar refractivity (Wildman–Crippen MR) is 91.5 cm³/mol. The van der Waals surface area contributed by atoms with Crippen molar-refractivity contribution in [2.24, 2.45) is 0 Å². The zero-order chi connectivity index (χ0) is 16.7. The maximum Gasteiger partial charge on any atom is 0.230 e. The number of piperazine rings is 1. The Bertz CT molecular complexity index is 831. The second-order valence-corrected chi connectivity index (χ2v) is 7.07. The number of hydrogen-bond acceptors (Lipinski definition) is 7. The fourth-order valence-corrected chi connectivity index (χ4v) is 4.36. The average Bonchev–Trinajstić information content (AvgIpc) is 3.29. The van der Waals surface area contributed by atoms with Crippen molar-refractivity contribution < 1.29 is 9.52 Å². The van der Waals surface area contributed by atoms with Gasteiger partial charge in [0, 0.05) is 26.2 Å². The van der Waals surface area contributed by atoms with Crippen LogP contribution in [0.25, 0.3) is 4.96 Å². The first-order valence-electron chi connectivity index (χ1n) is 8.21. The third-order valence-corrected chi connectivity index (χ3v) is 5.72. The van der Waals surface area contributed by atoms with Crippen LogP contribution in [0.15, 0.2) is 22.9 Å². The number of thiazole rings is 1. The molecule has 0 bridgehead atoms. The van der Waals surface area contributed by atoms with Crippen molar-refractivity contribution in [3.05, 3.63) is 34.9 Å². The first-order chi connectivity index (χ1) is 11.7. The van der Waals surface area contributed by atoms with E-state index in [0.29, 0.717) is 4.96 Å². The van der Waals surface area contributed by atoms with Gasteiger partial charge >= 0.3 is 0 Å². The number of aromatic nitrogens is 3. The van der Waals surface area contributed by atoms with Crippen molar-refractivity contribution in [1.82, 2.24) is 24.4 Å². The molecule has 1 aliphatic rings. The molecule has 24 heavy (non-hydrogen) atoms. The van der Waals surface area contributed by atoms with Crippen molar-refractivity contribution in [2.45, 2.75) is 19.9 Å². The Morgan fingerprint density at radius 2 is 2.08 bits per heavy atom. The van der Waals surface area contributed by atoms with Gasteiger partial charge in [-0.3, -0.25) is 4.90 Å². The van der Waals surface area contributed by atoms with E-state index >= 15 is 0 Å². The van der Waals surface area contributed by atoms with E-state index in [9.17, 15) is 5.11 Å². The molecule has 128 valence electrons. The van der Waals surface area contributed by atoms with Gasteiger partial charge < -0.3 is 14.4 Å². The molecule has 0 radical (unpaired) electrons. The summed E-state index contributed by atoms with van der Waals surface area (Å²) in [6, 6.07) is 3.87. The summed E-state index contributed by atoms with van der Waals surface area (Å²) in [6.07, 6.45) is 1.46. The van der Waals surface area contributed by atoms with Crippen molar-refractivity contribution in [3.63, 3.8) is 0 Å². The highest BCUT2D eigenvalue weighted by Crippen LogP contribution is 2.40. The summed E-state index contributed by atoms with van der Waals surface area (Å²) in [6.45, 7) is 9.12. The molecule has 1 atom stereocenters. The number of nitrogens with zero attached hydrogens (tertiary/aromatic N) is 5. The molecule has 8 heteroatoms. The Labute approximate surface area is 144 Å². The lowest BCUT2D eigenvalue weighted by Crippen LogP contribution is -2.47. The predicted octanol–water partition coefficient (Wildman–Crippen LogP) is 2.12. The maximum atomic E-state index is 10.6. The summed E-state index contributed by atoms with van der Waals surface area (Å²) >= 11 is 1.47. The molecule has 4 rings (SSSR count). The number of hydrogen-bond donors (Lipinski definition) is 1. The lowest BCUT2D eigenvalue weighted by molar-refractivity contribution is 0.104. The van der Waals surface area contributed by atoms with E-state index in [4.69, 9.17) is 4.42 Å². The molecule has 0 aromatic carbocycles. The Kier molecular flexibility index (Phi) is 4.03. The SMILES string of the molecule is CCN1CCN(C(c2ccc(C)o2)c2sc3ncnn3c2O)CC1. The fourth-order valence-electron chi connectivity index (χ4n) is 3.29. The molecular formula is C16H21N5O2S. The minimum Gasteiger partial charge on any atom is -0.492 e. The van der Waals surface area contributed by atoms with Crippen LogP contribution in [0.4, 0.5) is 0 Å². The molecule has 3 aromatic rings. The van der Waals surface area contributed by atoms with Gasteiger partial charge in [-0.1, -0.05) is 18.3 Å². The monoisotopic (exact) mass is 347 g/mol. The smallest absolute Gasteiger partial charge is 0.230 e. The quantitative estimate of drug-likeness (QED) is 0.780. The molecule has 0 spiro atoms. The standard InChI is InChI=1S/C16H21N5O2S/c1-3-19-6-8-20(9-7-19)13(12-5-4-11(2)23-12)14-15(22)21-16(24-14)17-10-18-21/h4-5,10,13,22H,3,6-9H2,1-2H3. The van der Waals surface area contributed by atoms with E-state index in [0.717, 1.165) is 49.1 Å². The molecule has 1 saturated heterocycles.